The molecule has 0 fully saturated rings. The summed E-state index contributed by atoms with van der Waals surface area (Å²) in [7, 11) is -1.11. The second-order valence-electron chi connectivity index (χ2n) is 5.52. The minimum absolute atomic E-state index is 0.0387. The van der Waals surface area contributed by atoms with E-state index in [0.29, 0.717) is 5.69 Å². The van der Waals surface area contributed by atoms with E-state index >= 15 is 0 Å². The van der Waals surface area contributed by atoms with Crippen LogP contribution in [0, 0.1) is 0 Å². The van der Waals surface area contributed by atoms with Crippen molar-refractivity contribution in [2.45, 2.75) is 4.90 Å². The Kier molecular flexibility index (Phi) is 7.30. The molecule has 148 valence electrons. The van der Waals surface area contributed by atoms with Crippen LogP contribution in [0.15, 0.2) is 59.5 Å². The van der Waals surface area contributed by atoms with Crippen molar-refractivity contribution in [2.75, 3.05) is 26.1 Å². The van der Waals surface area contributed by atoms with Crippen LogP contribution in [-0.4, -0.2) is 41.1 Å². The molecule has 2 aromatic rings. The van der Waals surface area contributed by atoms with E-state index < -0.39 is 22.5 Å². The first-order chi connectivity index (χ1) is 13.3. The molecule has 9 heteroatoms. The zero-order valence-corrected chi connectivity index (χ0v) is 16.2. The lowest BCUT2D eigenvalue weighted by Crippen LogP contribution is -2.30. The maximum atomic E-state index is 12.1. The van der Waals surface area contributed by atoms with Crippen LogP contribution in [0.2, 0.25) is 0 Å². The number of carbonyl (C=O) groups excluding carboxylic acids is 2. The number of hydrogen-bond acceptors (Lipinski definition) is 6. The van der Waals surface area contributed by atoms with Gasteiger partial charge in [0.15, 0.2) is 0 Å². The third-order valence-corrected chi connectivity index (χ3v) is 5.03. The van der Waals surface area contributed by atoms with Gasteiger partial charge in [-0.05, 0) is 48.0 Å². The summed E-state index contributed by atoms with van der Waals surface area (Å²) in [5.74, 6) is -0.343. The topological polar surface area (TPSA) is 111 Å². The van der Waals surface area contributed by atoms with Gasteiger partial charge < -0.3 is 14.8 Å². The van der Waals surface area contributed by atoms with E-state index in [-0.39, 0.29) is 10.8 Å². The Morgan fingerprint density at radius 3 is 2.21 bits per heavy atom. The summed E-state index contributed by atoms with van der Waals surface area (Å²) in [6.07, 6.45) is 3.01. The van der Waals surface area contributed by atoms with E-state index in [4.69, 9.17) is 4.74 Å². The summed E-state index contributed by atoms with van der Waals surface area (Å²) >= 11 is 0. The Morgan fingerprint density at radius 1 is 1.00 bits per heavy atom. The zero-order valence-electron chi connectivity index (χ0n) is 15.3. The lowest BCUT2D eigenvalue weighted by Gasteiger charge is -2.07. The molecule has 2 N–H and O–H groups in total. The summed E-state index contributed by atoms with van der Waals surface area (Å²) in [6.45, 7) is -0.465. The van der Waals surface area contributed by atoms with E-state index in [2.05, 4.69) is 14.8 Å². The van der Waals surface area contributed by atoms with Gasteiger partial charge in [-0.3, -0.25) is 9.59 Å². The number of methoxy groups -OCH3 is 2. The molecule has 0 aliphatic carbocycles. The summed E-state index contributed by atoms with van der Waals surface area (Å²) in [5.41, 5.74) is 1.25. The number of rotatable bonds is 8. The first-order valence-electron chi connectivity index (χ1n) is 8.14. The fourth-order valence-electron chi connectivity index (χ4n) is 2.10. The molecule has 0 atom stereocenters. The smallest absolute Gasteiger partial charge is 0.320 e. The molecule has 0 heterocycles. The van der Waals surface area contributed by atoms with Crippen LogP contribution in [0.3, 0.4) is 0 Å². The highest BCUT2D eigenvalue weighted by Gasteiger charge is 2.15. The lowest BCUT2D eigenvalue weighted by molar-refractivity contribution is -0.139. The molecule has 0 aliphatic rings. The molecular weight excluding hydrogens is 384 g/mol. The molecule has 1 amide bonds. The van der Waals surface area contributed by atoms with Gasteiger partial charge >= 0.3 is 5.97 Å². The molecule has 0 saturated carbocycles. The van der Waals surface area contributed by atoms with E-state index in [1.807, 2.05) is 12.1 Å². The number of anilines is 1. The maximum absolute atomic E-state index is 12.1. The Hall–Kier alpha value is -3.17. The molecule has 0 saturated heterocycles. The average Bonchev–Trinajstić information content (AvgIpc) is 2.71. The minimum atomic E-state index is -3.85. The minimum Gasteiger partial charge on any atom is -0.497 e. The number of benzene rings is 2. The average molecular weight is 404 g/mol. The molecule has 0 unspecified atom stereocenters. The second-order valence-corrected chi connectivity index (χ2v) is 7.29. The van der Waals surface area contributed by atoms with Crippen LogP contribution < -0.4 is 14.8 Å². The van der Waals surface area contributed by atoms with Crippen LogP contribution in [0.4, 0.5) is 5.69 Å². The van der Waals surface area contributed by atoms with Crippen LogP contribution in [0.25, 0.3) is 6.08 Å². The molecular formula is C19H20N2O6S. The van der Waals surface area contributed by atoms with E-state index in [0.717, 1.165) is 18.4 Å². The number of ether oxygens (including phenoxy) is 2. The molecule has 0 radical (unpaired) electrons. The quantitative estimate of drug-likeness (QED) is 0.513. The molecule has 28 heavy (non-hydrogen) atoms. The number of hydrogen-bond donors (Lipinski definition) is 2. The van der Waals surface area contributed by atoms with Crippen molar-refractivity contribution >= 4 is 33.7 Å². The molecule has 0 spiro atoms. The van der Waals surface area contributed by atoms with Gasteiger partial charge in [0.25, 0.3) is 0 Å². The van der Waals surface area contributed by atoms with Crippen LogP contribution in [-0.2, 0) is 24.3 Å². The number of carbonyl (C=O) groups is 2. The first-order valence-corrected chi connectivity index (χ1v) is 9.62. The van der Waals surface area contributed by atoms with E-state index in [9.17, 15) is 18.0 Å². The fraction of sp³-hybridized carbons (Fsp3) is 0.158. The third kappa shape index (κ3) is 6.22. The van der Waals surface area contributed by atoms with Crippen molar-refractivity contribution in [1.29, 1.82) is 0 Å². The monoisotopic (exact) mass is 404 g/mol. The van der Waals surface area contributed by atoms with Gasteiger partial charge in [-0.2, -0.15) is 4.72 Å². The normalized spacial score (nSPS) is 11.2. The van der Waals surface area contributed by atoms with E-state index in [1.165, 1.54) is 30.3 Å². The van der Waals surface area contributed by atoms with Crippen molar-refractivity contribution < 1.29 is 27.5 Å². The van der Waals surface area contributed by atoms with Crippen molar-refractivity contribution in [3.8, 4) is 5.75 Å². The summed E-state index contributed by atoms with van der Waals surface area (Å²) in [4.78, 5) is 23.0. The molecule has 0 bridgehead atoms. The van der Waals surface area contributed by atoms with Crippen molar-refractivity contribution in [1.82, 2.24) is 4.72 Å². The second kappa shape index (κ2) is 9.67. The fourth-order valence-corrected chi connectivity index (χ4v) is 3.07. The summed E-state index contributed by atoms with van der Waals surface area (Å²) < 4.78 is 35.7. The summed E-state index contributed by atoms with van der Waals surface area (Å²) in [5, 5.41) is 2.63. The molecule has 2 rings (SSSR count). The van der Waals surface area contributed by atoms with Gasteiger partial charge in [0.05, 0.1) is 19.1 Å². The van der Waals surface area contributed by atoms with Crippen LogP contribution in [0.5, 0.6) is 5.75 Å². The van der Waals surface area contributed by atoms with Gasteiger partial charge in [-0.15, -0.1) is 0 Å². The predicted molar refractivity (Wildman–Crippen MR) is 104 cm³/mol. The standard InChI is InChI=1S/C19H20N2O6S/c1-26-16-8-3-14(4-9-16)5-12-18(22)21-15-6-10-17(11-7-15)28(24,25)20-13-19(23)27-2/h3-12,20H,13H2,1-2H3,(H,21,22)/b12-5+. The maximum Gasteiger partial charge on any atom is 0.320 e. The highest BCUT2D eigenvalue weighted by molar-refractivity contribution is 7.89. The molecule has 2 aromatic carbocycles. The first kappa shape index (κ1) is 21.1. The Bertz CT molecular complexity index is 951. The Morgan fingerprint density at radius 2 is 1.64 bits per heavy atom. The summed E-state index contributed by atoms with van der Waals surface area (Å²) in [6, 6.07) is 12.7. The molecule has 0 aliphatic heterocycles. The zero-order chi connectivity index (χ0) is 20.6. The van der Waals surface area contributed by atoms with Crippen molar-refractivity contribution in [2.24, 2.45) is 0 Å². The highest BCUT2D eigenvalue weighted by atomic mass is 32.2. The predicted octanol–water partition coefficient (Wildman–Crippen LogP) is 1.80. The largest absolute Gasteiger partial charge is 0.497 e. The van der Waals surface area contributed by atoms with Gasteiger partial charge in [-0.1, -0.05) is 12.1 Å². The number of esters is 1. The van der Waals surface area contributed by atoms with Crippen molar-refractivity contribution in [3.63, 3.8) is 0 Å². The van der Waals surface area contributed by atoms with Crippen LogP contribution >= 0.6 is 0 Å². The van der Waals surface area contributed by atoms with Gasteiger partial charge in [0.2, 0.25) is 15.9 Å². The van der Waals surface area contributed by atoms with Crippen molar-refractivity contribution in [3.05, 3.63) is 60.2 Å². The SMILES string of the molecule is COC(=O)CNS(=O)(=O)c1ccc(NC(=O)/C=C/c2ccc(OC)cc2)cc1. The van der Waals surface area contributed by atoms with Gasteiger partial charge in [-0.25, -0.2) is 8.42 Å². The number of amides is 1. The highest BCUT2D eigenvalue weighted by Crippen LogP contribution is 2.15. The van der Waals surface area contributed by atoms with E-state index in [1.54, 1.807) is 25.3 Å². The van der Waals surface area contributed by atoms with Gasteiger partial charge in [0.1, 0.15) is 12.3 Å². The van der Waals surface area contributed by atoms with Crippen LogP contribution in [0.1, 0.15) is 5.56 Å². The van der Waals surface area contributed by atoms with Gasteiger partial charge in [0, 0.05) is 11.8 Å². The molecule has 0 aromatic heterocycles. The number of nitrogens with one attached hydrogen (secondary N) is 2. The molecule has 8 nitrogen and oxygen atoms in total. The Labute approximate surface area is 163 Å². The lowest BCUT2D eigenvalue weighted by atomic mass is 10.2. The number of sulfonamides is 1. The third-order valence-electron chi connectivity index (χ3n) is 3.61. The Balaban J connectivity index is 1.96.